The lowest BCUT2D eigenvalue weighted by atomic mass is 9.87. The highest BCUT2D eigenvalue weighted by atomic mass is 35.5. The van der Waals surface area contributed by atoms with Crippen LogP contribution in [0.5, 0.6) is 0 Å². The van der Waals surface area contributed by atoms with Crippen molar-refractivity contribution in [2.24, 2.45) is 0 Å². The molecule has 5 nitrogen and oxygen atoms in total. The number of hydrogen-bond acceptors (Lipinski definition) is 4. The molecular weight excluding hydrogens is 405 g/mol. The molecule has 3 aromatic rings. The molecule has 1 aromatic heterocycles. The topological polar surface area (TPSA) is 59.2 Å². The SMILES string of the molecule is CC(C)(C)c1ccc(-c2nc(C3CC(=O)N(Cc4ccc(F)c(Cl)c4)C3)no2)cc1. The van der Waals surface area contributed by atoms with Gasteiger partial charge in [0.25, 0.3) is 5.89 Å². The summed E-state index contributed by atoms with van der Waals surface area (Å²) in [6, 6.07) is 12.6. The summed E-state index contributed by atoms with van der Waals surface area (Å²) in [5, 5.41) is 4.16. The fourth-order valence-electron chi connectivity index (χ4n) is 3.59. The Morgan fingerprint density at radius 3 is 2.60 bits per heavy atom. The summed E-state index contributed by atoms with van der Waals surface area (Å²) in [6.45, 7) is 7.34. The van der Waals surface area contributed by atoms with E-state index in [1.165, 1.54) is 11.6 Å². The van der Waals surface area contributed by atoms with Gasteiger partial charge in [-0.1, -0.05) is 55.7 Å². The normalized spacial score (nSPS) is 17.0. The molecule has 1 amide bonds. The molecule has 0 radical (unpaired) electrons. The lowest BCUT2D eigenvalue weighted by Crippen LogP contribution is -2.24. The van der Waals surface area contributed by atoms with Gasteiger partial charge in [0, 0.05) is 31.0 Å². The number of rotatable bonds is 4. The standard InChI is InChI=1S/C23H23ClFN3O2/c1-23(2,3)17-7-5-15(6-8-17)22-26-21(27-30-22)16-11-20(29)28(13-16)12-14-4-9-19(25)18(24)10-14/h4-10,16H,11-13H2,1-3H3. The van der Waals surface area contributed by atoms with Gasteiger partial charge in [-0.25, -0.2) is 4.39 Å². The van der Waals surface area contributed by atoms with Crippen molar-refractivity contribution < 1.29 is 13.7 Å². The molecule has 0 N–H and O–H groups in total. The van der Waals surface area contributed by atoms with Crippen LogP contribution in [-0.4, -0.2) is 27.5 Å². The van der Waals surface area contributed by atoms with Crippen LogP contribution in [0.1, 0.15) is 50.1 Å². The minimum absolute atomic E-state index is 0.00123. The van der Waals surface area contributed by atoms with Gasteiger partial charge in [-0.3, -0.25) is 4.79 Å². The highest BCUT2D eigenvalue weighted by Crippen LogP contribution is 2.30. The molecule has 1 aliphatic heterocycles. The fourth-order valence-corrected chi connectivity index (χ4v) is 3.79. The summed E-state index contributed by atoms with van der Waals surface area (Å²) in [5.74, 6) is 0.363. The van der Waals surface area contributed by atoms with Gasteiger partial charge in [-0.05, 0) is 40.8 Å². The first-order valence-corrected chi connectivity index (χ1v) is 10.2. The highest BCUT2D eigenvalue weighted by molar-refractivity contribution is 6.30. The molecule has 1 unspecified atom stereocenters. The average Bonchev–Trinajstić information content (AvgIpc) is 3.32. The molecule has 0 bridgehead atoms. The lowest BCUT2D eigenvalue weighted by Gasteiger charge is -2.18. The van der Waals surface area contributed by atoms with Gasteiger partial charge in [0.15, 0.2) is 5.82 Å². The maximum Gasteiger partial charge on any atom is 0.257 e. The number of likely N-dealkylation sites (tertiary alicyclic amines) is 1. The van der Waals surface area contributed by atoms with Crippen molar-refractivity contribution in [3.63, 3.8) is 0 Å². The molecule has 1 aliphatic rings. The van der Waals surface area contributed by atoms with Crippen molar-refractivity contribution in [2.45, 2.75) is 45.1 Å². The number of halogens is 2. The van der Waals surface area contributed by atoms with E-state index in [-0.39, 0.29) is 22.3 Å². The molecule has 2 aromatic carbocycles. The van der Waals surface area contributed by atoms with Gasteiger partial charge < -0.3 is 9.42 Å². The Hall–Kier alpha value is -2.73. The predicted octanol–water partition coefficient (Wildman–Crippen LogP) is 5.34. The van der Waals surface area contributed by atoms with Crippen molar-refractivity contribution >= 4 is 17.5 Å². The molecule has 0 spiro atoms. The number of benzene rings is 2. The first-order valence-electron chi connectivity index (χ1n) is 9.87. The number of carbonyl (C=O) groups excluding carboxylic acids is 1. The molecule has 1 atom stereocenters. The fraction of sp³-hybridized carbons (Fsp3) is 0.348. The van der Waals surface area contributed by atoms with Crippen LogP contribution in [0.15, 0.2) is 47.0 Å². The van der Waals surface area contributed by atoms with Crippen molar-refractivity contribution in [1.82, 2.24) is 15.0 Å². The predicted molar refractivity (Wildman–Crippen MR) is 113 cm³/mol. The Bertz CT molecular complexity index is 1070. The van der Waals surface area contributed by atoms with Crippen LogP contribution in [0.2, 0.25) is 5.02 Å². The molecule has 0 saturated carbocycles. The third kappa shape index (κ3) is 4.24. The third-order valence-electron chi connectivity index (χ3n) is 5.38. The highest BCUT2D eigenvalue weighted by Gasteiger charge is 2.34. The van der Waals surface area contributed by atoms with Crippen LogP contribution >= 0.6 is 11.6 Å². The molecule has 30 heavy (non-hydrogen) atoms. The second-order valence-corrected chi connectivity index (χ2v) is 9.12. The van der Waals surface area contributed by atoms with E-state index in [1.807, 2.05) is 12.1 Å². The Balaban J connectivity index is 1.46. The zero-order chi connectivity index (χ0) is 21.5. The molecule has 0 aliphatic carbocycles. The third-order valence-corrected chi connectivity index (χ3v) is 5.67. The van der Waals surface area contributed by atoms with E-state index in [0.717, 1.165) is 11.1 Å². The van der Waals surface area contributed by atoms with Gasteiger partial charge in [0.05, 0.1) is 5.02 Å². The Labute approximate surface area is 179 Å². The van der Waals surface area contributed by atoms with Gasteiger partial charge in [-0.15, -0.1) is 0 Å². The molecule has 156 valence electrons. The second-order valence-electron chi connectivity index (χ2n) is 8.71. The van der Waals surface area contributed by atoms with Crippen molar-refractivity contribution in [3.8, 4) is 11.5 Å². The summed E-state index contributed by atoms with van der Waals surface area (Å²) in [7, 11) is 0. The molecule has 7 heteroatoms. The minimum Gasteiger partial charge on any atom is -0.338 e. The van der Waals surface area contributed by atoms with E-state index in [1.54, 1.807) is 17.0 Å². The summed E-state index contributed by atoms with van der Waals surface area (Å²) in [5.41, 5.74) is 2.93. The largest absolute Gasteiger partial charge is 0.338 e. The average molecular weight is 428 g/mol. The number of amides is 1. The van der Waals surface area contributed by atoms with Crippen LogP contribution < -0.4 is 0 Å². The van der Waals surface area contributed by atoms with E-state index in [4.69, 9.17) is 16.1 Å². The number of nitrogens with zero attached hydrogens (tertiary/aromatic N) is 3. The molecule has 1 fully saturated rings. The zero-order valence-corrected chi connectivity index (χ0v) is 17.9. The van der Waals surface area contributed by atoms with E-state index in [9.17, 15) is 9.18 Å². The maximum absolute atomic E-state index is 13.4. The Morgan fingerprint density at radius 2 is 1.93 bits per heavy atom. The van der Waals surface area contributed by atoms with Gasteiger partial charge in [0.1, 0.15) is 5.82 Å². The van der Waals surface area contributed by atoms with E-state index in [2.05, 4.69) is 43.0 Å². The summed E-state index contributed by atoms with van der Waals surface area (Å²) >= 11 is 5.84. The van der Waals surface area contributed by atoms with Crippen LogP contribution in [0.3, 0.4) is 0 Å². The zero-order valence-electron chi connectivity index (χ0n) is 17.2. The maximum atomic E-state index is 13.4. The number of aromatic nitrogens is 2. The smallest absolute Gasteiger partial charge is 0.257 e. The van der Waals surface area contributed by atoms with E-state index >= 15 is 0 Å². The monoisotopic (exact) mass is 427 g/mol. The lowest BCUT2D eigenvalue weighted by molar-refractivity contribution is -0.128. The Morgan fingerprint density at radius 1 is 1.20 bits per heavy atom. The van der Waals surface area contributed by atoms with Crippen molar-refractivity contribution in [1.29, 1.82) is 0 Å². The van der Waals surface area contributed by atoms with Crippen LogP contribution in [0.25, 0.3) is 11.5 Å². The quantitative estimate of drug-likeness (QED) is 0.563. The first-order chi connectivity index (χ1) is 14.2. The molecular formula is C23H23ClFN3O2. The van der Waals surface area contributed by atoms with E-state index < -0.39 is 5.82 Å². The van der Waals surface area contributed by atoms with Crippen molar-refractivity contribution in [3.05, 3.63) is 70.3 Å². The Kier molecular flexibility index (Phi) is 5.36. The van der Waals surface area contributed by atoms with E-state index in [0.29, 0.717) is 31.2 Å². The summed E-state index contributed by atoms with van der Waals surface area (Å²) in [6.07, 6.45) is 0.316. The minimum atomic E-state index is -0.471. The summed E-state index contributed by atoms with van der Waals surface area (Å²) in [4.78, 5) is 18.7. The van der Waals surface area contributed by atoms with Gasteiger partial charge >= 0.3 is 0 Å². The molecule has 4 rings (SSSR count). The van der Waals surface area contributed by atoms with Gasteiger partial charge in [0.2, 0.25) is 5.91 Å². The van der Waals surface area contributed by atoms with Crippen molar-refractivity contribution in [2.75, 3.05) is 6.54 Å². The number of hydrogen-bond donors (Lipinski definition) is 0. The van der Waals surface area contributed by atoms with Crippen LogP contribution in [0, 0.1) is 5.82 Å². The summed E-state index contributed by atoms with van der Waals surface area (Å²) < 4.78 is 18.8. The van der Waals surface area contributed by atoms with Crippen LogP contribution in [0.4, 0.5) is 4.39 Å². The molecule has 1 saturated heterocycles. The first kappa shape index (κ1) is 20.5. The van der Waals surface area contributed by atoms with Crippen LogP contribution in [-0.2, 0) is 16.8 Å². The second kappa shape index (κ2) is 7.84. The number of carbonyl (C=O) groups is 1. The van der Waals surface area contributed by atoms with Gasteiger partial charge in [-0.2, -0.15) is 4.98 Å². The molecule has 2 heterocycles.